The Labute approximate surface area is 176 Å². The summed E-state index contributed by atoms with van der Waals surface area (Å²) in [5, 5.41) is 0. The fraction of sp³-hybridized carbons (Fsp3) is 0.160. The van der Waals surface area contributed by atoms with Crippen LogP contribution in [0.25, 0.3) is 5.65 Å². The van der Waals surface area contributed by atoms with E-state index in [2.05, 4.69) is 17.1 Å². The molecule has 0 unspecified atom stereocenters. The zero-order valence-corrected chi connectivity index (χ0v) is 17.2. The highest BCUT2D eigenvalue weighted by atomic mass is 16.1. The Morgan fingerprint density at radius 3 is 2.33 bits per heavy atom. The zero-order valence-electron chi connectivity index (χ0n) is 17.2. The molecule has 5 heteroatoms. The van der Waals surface area contributed by atoms with Crippen LogP contribution in [0, 0.1) is 6.92 Å². The molecule has 0 spiro atoms. The van der Waals surface area contributed by atoms with Gasteiger partial charge in [-0.2, -0.15) is 0 Å². The third-order valence-corrected chi connectivity index (χ3v) is 5.03. The van der Waals surface area contributed by atoms with Gasteiger partial charge in [0.2, 0.25) is 0 Å². The minimum Gasteiger partial charge on any atom is -0.355 e. The number of aliphatic imine (C=N–C) groups is 1. The van der Waals surface area contributed by atoms with Crippen molar-refractivity contribution >= 4 is 17.7 Å². The van der Waals surface area contributed by atoms with Gasteiger partial charge in [0.15, 0.2) is 0 Å². The number of benzene rings is 2. The van der Waals surface area contributed by atoms with E-state index in [0.717, 1.165) is 16.7 Å². The average Bonchev–Trinajstić information content (AvgIpc) is 2.77. The molecular weight excluding hydrogens is 372 g/mol. The number of rotatable bonds is 6. The fourth-order valence-corrected chi connectivity index (χ4v) is 3.46. The SMILES string of the molecule is Cc1cccn2c(=O)c(C=NCc3ccccc3)c(N(C)Cc3ccccc3)nc12. The van der Waals surface area contributed by atoms with Gasteiger partial charge in [-0.15, -0.1) is 0 Å². The van der Waals surface area contributed by atoms with E-state index >= 15 is 0 Å². The van der Waals surface area contributed by atoms with Crippen LogP contribution in [-0.4, -0.2) is 22.6 Å². The number of fused-ring (bicyclic) bond motifs is 1. The molecule has 0 aliphatic rings. The van der Waals surface area contributed by atoms with Crippen LogP contribution in [0.2, 0.25) is 0 Å². The largest absolute Gasteiger partial charge is 0.355 e. The highest BCUT2D eigenvalue weighted by Crippen LogP contribution is 2.18. The van der Waals surface area contributed by atoms with Crippen LogP contribution in [0.1, 0.15) is 22.3 Å². The topological polar surface area (TPSA) is 50.0 Å². The fourth-order valence-electron chi connectivity index (χ4n) is 3.46. The summed E-state index contributed by atoms with van der Waals surface area (Å²) in [5.74, 6) is 0.634. The molecule has 2 aromatic heterocycles. The molecular formula is C25H24N4O. The van der Waals surface area contributed by atoms with E-state index in [1.807, 2.05) is 79.5 Å². The predicted molar refractivity (Wildman–Crippen MR) is 122 cm³/mol. The third kappa shape index (κ3) is 4.15. The van der Waals surface area contributed by atoms with Gasteiger partial charge in [0.25, 0.3) is 5.56 Å². The van der Waals surface area contributed by atoms with Crippen molar-refractivity contribution in [3.8, 4) is 0 Å². The van der Waals surface area contributed by atoms with Crippen molar-refractivity contribution in [3.05, 3.63) is 112 Å². The summed E-state index contributed by atoms with van der Waals surface area (Å²) in [7, 11) is 1.96. The van der Waals surface area contributed by atoms with Gasteiger partial charge in [0.1, 0.15) is 17.0 Å². The van der Waals surface area contributed by atoms with Crippen LogP contribution in [0.4, 0.5) is 5.82 Å². The van der Waals surface area contributed by atoms with Gasteiger partial charge < -0.3 is 4.90 Å². The van der Waals surface area contributed by atoms with Crippen molar-refractivity contribution in [2.45, 2.75) is 20.0 Å². The summed E-state index contributed by atoms with van der Waals surface area (Å²) in [5.41, 5.74) is 4.24. The molecule has 150 valence electrons. The van der Waals surface area contributed by atoms with Gasteiger partial charge >= 0.3 is 0 Å². The maximum atomic E-state index is 13.3. The molecule has 0 N–H and O–H groups in total. The first-order valence-corrected chi connectivity index (χ1v) is 9.94. The van der Waals surface area contributed by atoms with Crippen LogP contribution in [-0.2, 0) is 13.1 Å². The number of hydrogen-bond acceptors (Lipinski definition) is 4. The van der Waals surface area contributed by atoms with E-state index in [4.69, 9.17) is 4.98 Å². The van der Waals surface area contributed by atoms with Gasteiger partial charge in [-0.25, -0.2) is 4.98 Å². The second-order valence-electron chi connectivity index (χ2n) is 7.34. The highest BCUT2D eigenvalue weighted by Gasteiger charge is 2.16. The summed E-state index contributed by atoms with van der Waals surface area (Å²) in [4.78, 5) is 24.7. The molecule has 0 radical (unpaired) electrons. The first-order chi connectivity index (χ1) is 14.6. The summed E-state index contributed by atoms with van der Waals surface area (Å²) in [6.45, 7) is 3.12. The van der Waals surface area contributed by atoms with E-state index in [9.17, 15) is 4.79 Å². The molecule has 2 heterocycles. The lowest BCUT2D eigenvalue weighted by Crippen LogP contribution is -2.27. The number of hydrogen-bond donors (Lipinski definition) is 0. The minimum atomic E-state index is -0.115. The van der Waals surface area contributed by atoms with Crippen LogP contribution >= 0.6 is 0 Å². The van der Waals surface area contributed by atoms with Crippen LogP contribution in [0.5, 0.6) is 0 Å². The Bertz CT molecular complexity index is 1230. The monoisotopic (exact) mass is 396 g/mol. The lowest BCUT2D eigenvalue weighted by atomic mass is 10.2. The van der Waals surface area contributed by atoms with Gasteiger partial charge in [0, 0.05) is 26.0 Å². The van der Waals surface area contributed by atoms with Crippen LogP contribution in [0.3, 0.4) is 0 Å². The predicted octanol–water partition coefficient (Wildman–Crippen LogP) is 4.26. The molecule has 0 fully saturated rings. The van der Waals surface area contributed by atoms with Gasteiger partial charge in [-0.3, -0.25) is 14.2 Å². The van der Waals surface area contributed by atoms with Crippen molar-refractivity contribution in [1.82, 2.24) is 9.38 Å². The quantitative estimate of drug-likeness (QED) is 0.458. The number of aryl methyl sites for hydroxylation is 1. The molecule has 4 aromatic rings. The molecule has 0 bridgehead atoms. The van der Waals surface area contributed by atoms with E-state index in [1.54, 1.807) is 16.8 Å². The van der Waals surface area contributed by atoms with Gasteiger partial charge in [-0.1, -0.05) is 66.7 Å². The second-order valence-corrected chi connectivity index (χ2v) is 7.34. The molecule has 0 atom stereocenters. The Hall–Kier alpha value is -3.73. The number of aromatic nitrogens is 2. The summed E-state index contributed by atoms with van der Waals surface area (Å²) >= 11 is 0. The van der Waals surface area contributed by atoms with Crippen LogP contribution < -0.4 is 10.5 Å². The highest BCUT2D eigenvalue weighted by molar-refractivity contribution is 5.87. The average molecular weight is 396 g/mol. The Kier molecular flexibility index (Phi) is 5.70. The van der Waals surface area contributed by atoms with Crippen molar-refractivity contribution in [1.29, 1.82) is 0 Å². The first kappa shape index (κ1) is 19.6. The van der Waals surface area contributed by atoms with Crippen molar-refractivity contribution in [3.63, 3.8) is 0 Å². The number of pyridine rings is 1. The molecule has 0 saturated heterocycles. The minimum absolute atomic E-state index is 0.115. The lowest BCUT2D eigenvalue weighted by molar-refractivity contribution is 0.882. The Morgan fingerprint density at radius 2 is 1.63 bits per heavy atom. The Morgan fingerprint density at radius 1 is 0.967 bits per heavy atom. The molecule has 0 amide bonds. The van der Waals surface area contributed by atoms with Crippen LogP contribution in [0.15, 0.2) is 88.8 Å². The van der Waals surface area contributed by atoms with Crippen molar-refractivity contribution in [2.75, 3.05) is 11.9 Å². The second kappa shape index (κ2) is 8.74. The molecule has 5 nitrogen and oxygen atoms in total. The molecule has 2 aromatic carbocycles. The summed E-state index contributed by atoms with van der Waals surface area (Å²) < 4.78 is 1.60. The Balaban J connectivity index is 1.77. The lowest BCUT2D eigenvalue weighted by Gasteiger charge is -2.21. The van der Waals surface area contributed by atoms with E-state index in [1.165, 1.54) is 0 Å². The zero-order chi connectivity index (χ0) is 20.9. The summed E-state index contributed by atoms with van der Waals surface area (Å²) in [6.07, 6.45) is 3.42. The standard InChI is InChI=1S/C25H24N4O/c1-19-10-9-15-29-23(19)27-24(28(2)18-21-13-7-4-8-14-21)22(25(29)30)17-26-16-20-11-5-3-6-12-20/h3-15,17H,16,18H2,1-2H3. The maximum absolute atomic E-state index is 13.3. The van der Waals surface area contributed by atoms with Gasteiger partial charge in [-0.05, 0) is 29.7 Å². The van der Waals surface area contributed by atoms with E-state index in [-0.39, 0.29) is 5.56 Å². The molecule has 0 aliphatic carbocycles. The molecule has 0 saturated carbocycles. The first-order valence-electron chi connectivity index (χ1n) is 9.94. The van der Waals surface area contributed by atoms with Crippen molar-refractivity contribution in [2.24, 2.45) is 4.99 Å². The maximum Gasteiger partial charge on any atom is 0.268 e. The normalized spacial score (nSPS) is 11.3. The number of anilines is 1. The van der Waals surface area contributed by atoms with Crippen molar-refractivity contribution < 1.29 is 0 Å². The molecule has 4 rings (SSSR count). The van der Waals surface area contributed by atoms with Gasteiger partial charge in [0.05, 0.1) is 6.54 Å². The molecule has 30 heavy (non-hydrogen) atoms. The summed E-state index contributed by atoms with van der Waals surface area (Å²) in [6, 6.07) is 24.0. The number of nitrogens with zero attached hydrogens (tertiary/aromatic N) is 4. The van der Waals surface area contributed by atoms with E-state index in [0.29, 0.717) is 30.1 Å². The third-order valence-electron chi connectivity index (χ3n) is 5.03. The smallest absolute Gasteiger partial charge is 0.268 e. The molecule has 0 aliphatic heterocycles. The van der Waals surface area contributed by atoms with E-state index < -0.39 is 0 Å².